The van der Waals surface area contributed by atoms with Gasteiger partial charge >= 0.3 is 0 Å². The van der Waals surface area contributed by atoms with Crippen LogP contribution in [0.5, 0.6) is 11.5 Å². The van der Waals surface area contributed by atoms with Gasteiger partial charge in [0.2, 0.25) is 0 Å². The Morgan fingerprint density at radius 2 is 1.96 bits per heavy atom. The molecule has 1 aromatic heterocycles. The molecular weight excluding hydrogens is 330 g/mol. The summed E-state index contributed by atoms with van der Waals surface area (Å²) in [6, 6.07) is 12.0. The minimum absolute atomic E-state index is 0.0705. The lowest BCUT2D eigenvalue weighted by Crippen LogP contribution is -2.35. The van der Waals surface area contributed by atoms with E-state index in [2.05, 4.69) is 11.2 Å². The quantitative estimate of drug-likeness (QED) is 0.745. The molecule has 0 radical (unpaired) electrons. The van der Waals surface area contributed by atoms with Gasteiger partial charge in [-0.05, 0) is 48.7 Å². The molecule has 2 heterocycles. The number of amides is 1. The van der Waals surface area contributed by atoms with Crippen LogP contribution in [0.4, 0.5) is 5.69 Å². The summed E-state index contributed by atoms with van der Waals surface area (Å²) < 4.78 is 1.82. The van der Waals surface area contributed by atoms with Crippen LogP contribution in [0.15, 0.2) is 48.7 Å². The highest BCUT2D eigenvalue weighted by Crippen LogP contribution is 2.34. The first-order chi connectivity index (χ1) is 12.5. The van der Waals surface area contributed by atoms with Crippen molar-refractivity contribution in [3.63, 3.8) is 0 Å². The van der Waals surface area contributed by atoms with Gasteiger partial charge in [-0.15, -0.1) is 0 Å². The Balaban J connectivity index is 1.71. The van der Waals surface area contributed by atoms with Crippen LogP contribution in [-0.2, 0) is 13.5 Å². The van der Waals surface area contributed by atoms with Crippen molar-refractivity contribution in [1.82, 2.24) is 9.78 Å². The number of hydrogen-bond donors (Lipinski definition) is 2. The van der Waals surface area contributed by atoms with Crippen LogP contribution >= 0.6 is 0 Å². The van der Waals surface area contributed by atoms with E-state index < -0.39 is 0 Å². The number of rotatable bonds is 2. The molecule has 6 heteroatoms. The van der Waals surface area contributed by atoms with Gasteiger partial charge in [-0.25, -0.2) is 0 Å². The second kappa shape index (κ2) is 6.22. The second-order valence-electron chi connectivity index (χ2n) is 6.45. The van der Waals surface area contributed by atoms with E-state index in [1.165, 1.54) is 18.2 Å². The zero-order chi connectivity index (χ0) is 18.3. The Bertz CT molecular complexity index is 994. The number of phenols is 2. The molecule has 0 saturated carbocycles. The molecule has 4 rings (SSSR count). The number of carbonyl (C=O) groups excluding carboxylic acids is 1. The van der Waals surface area contributed by atoms with E-state index in [9.17, 15) is 15.0 Å². The number of anilines is 1. The highest BCUT2D eigenvalue weighted by molar-refractivity contribution is 6.08. The lowest BCUT2D eigenvalue weighted by Gasteiger charge is -2.30. The Labute approximate surface area is 150 Å². The van der Waals surface area contributed by atoms with Gasteiger partial charge in [0.25, 0.3) is 5.91 Å². The predicted octanol–water partition coefficient (Wildman–Crippen LogP) is 3.09. The third-order valence-electron chi connectivity index (χ3n) is 4.77. The van der Waals surface area contributed by atoms with Crippen molar-refractivity contribution < 1.29 is 15.0 Å². The Hall–Kier alpha value is -3.28. The average Bonchev–Trinajstić information content (AvgIpc) is 3.06. The normalized spacial score (nSPS) is 13.5. The van der Waals surface area contributed by atoms with Gasteiger partial charge in [0.15, 0.2) is 0 Å². The van der Waals surface area contributed by atoms with E-state index >= 15 is 0 Å². The monoisotopic (exact) mass is 349 g/mol. The van der Waals surface area contributed by atoms with E-state index in [1.54, 1.807) is 11.1 Å². The number of hydrogen-bond acceptors (Lipinski definition) is 4. The molecule has 3 aromatic rings. The van der Waals surface area contributed by atoms with Crippen LogP contribution < -0.4 is 4.90 Å². The van der Waals surface area contributed by atoms with Gasteiger partial charge in [-0.1, -0.05) is 6.07 Å². The summed E-state index contributed by atoms with van der Waals surface area (Å²) in [7, 11) is 1.90. The van der Waals surface area contributed by atoms with Gasteiger partial charge in [0.05, 0.1) is 11.3 Å². The molecule has 0 unspecified atom stereocenters. The zero-order valence-corrected chi connectivity index (χ0v) is 14.4. The third kappa shape index (κ3) is 2.69. The molecule has 0 spiro atoms. The molecular formula is C20H19N3O3. The van der Waals surface area contributed by atoms with E-state index in [0.717, 1.165) is 35.3 Å². The molecule has 6 nitrogen and oxygen atoms in total. The summed E-state index contributed by atoms with van der Waals surface area (Å²) in [5.74, 6) is -0.552. The number of benzene rings is 2. The first-order valence-electron chi connectivity index (χ1n) is 8.50. The summed E-state index contributed by atoms with van der Waals surface area (Å²) in [6.45, 7) is 0.594. The largest absolute Gasteiger partial charge is 0.508 e. The standard InChI is InChI=1S/C20H19N3O3/c1-22-17(8-9-21-22)14-4-7-18-13(11-14)3-2-10-23(18)20(26)16-6-5-15(24)12-19(16)25/h4-9,11-12,24-25H,2-3,10H2,1H3. The van der Waals surface area contributed by atoms with Gasteiger partial charge in [-0.2, -0.15) is 5.10 Å². The van der Waals surface area contributed by atoms with Crippen molar-refractivity contribution in [3.05, 3.63) is 59.8 Å². The number of nitrogens with zero attached hydrogens (tertiary/aromatic N) is 3. The van der Waals surface area contributed by atoms with Crippen molar-refractivity contribution in [2.75, 3.05) is 11.4 Å². The van der Waals surface area contributed by atoms with E-state index in [1.807, 2.05) is 29.9 Å². The number of aryl methyl sites for hydroxylation is 2. The van der Waals surface area contributed by atoms with Crippen molar-refractivity contribution in [1.29, 1.82) is 0 Å². The van der Waals surface area contributed by atoms with Crippen LogP contribution in [0, 0.1) is 0 Å². The Morgan fingerprint density at radius 3 is 2.69 bits per heavy atom. The molecule has 26 heavy (non-hydrogen) atoms. The van der Waals surface area contributed by atoms with Crippen LogP contribution in [0.1, 0.15) is 22.3 Å². The molecule has 1 aliphatic heterocycles. The number of aromatic hydroxyl groups is 2. The lowest BCUT2D eigenvalue weighted by atomic mass is 9.97. The van der Waals surface area contributed by atoms with Crippen molar-refractivity contribution in [3.8, 4) is 22.8 Å². The minimum Gasteiger partial charge on any atom is -0.508 e. The predicted molar refractivity (Wildman–Crippen MR) is 98.4 cm³/mol. The molecule has 1 amide bonds. The lowest BCUT2D eigenvalue weighted by molar-refractivity contribution is 0.0982. The van der Waals surface area contributed by atoms with Crippen LogP contribution in [0.3, 0.4) is 0 Å². The molecule has 1 aliphatic rings. The van der Waals surface area contributed by atoms with Gasteiger partial charge in [-0.3, -0.25) is 9.48 Å². The topological polar surface area (TPSA) is 78.6 Å². The summed E-state index contributed by atoms with van der Waals surface area (Å²) in [4.78, 5) is 14.6. The number of fused-ring (bicyclic) bond motifs is 1. The van der Waals surface area contributed by atoms with E-state index in [4.69, 9.17) is 0 Å². The van der Waals surface area contributed by atoms with Crippen LogP contribution in [0.25, 0.3) is 11.3 Å². The molecule has 0 saturated heterocycles. The fraction of sp³-hybridized carbons (Fsp3) is 0.200. The van der Waals surface area contributed by atoms with Gasteiger partial charge in [0, 0.05) is 37.1 Å². The molecule has 0 aliphatic carbocycles. The van der Waals surface area contributed by atoms with Gasteiger partial charge < -0.3 is 15.1 Å². The Morgan fingerprint density at radius 1 is 1.12 bits per heavy atom. The van der Waals surface area contributed by atoms with Crippen molar-refractivity contribution >= 4 is 11.6 Å². The highest BCUT2D eigenvalue weighted by Gasteiger charge is 2.26. The zero-order valence-electron chi connectivity index (χ0n) is 14.4. The molecule has 0 atom stereocenters. The van der Waals surface area contributed by atoms with E-state index in [-0.39, 0.29) is 23.0 Å². The summed E-state index contributed by atoms with van der Waals surface area (Å²) in [5, 5.41) is 23.7. The molecule has 132 valence electrons. The Kier molecular flexibility index (Phi) is 3.88. The second-order valence-corrected chi connectivity index (χ2v) is 6.45. The molecule has 0 fully saturated rings. The first-order valence-corrected chi connectivity index (χ1v) is 8.50. The summed E-state index contributed by atoms with van der Waals surface area (Å²) >= 11 is 0. The third-order valence-corrected chi connectivity index (χ3v) is 4.77. The fourth-order valence-corrected chi connectivity index (χ4v) is 3.47. The van der Waals surface area contributed by atoms with Crippen LogP contribution in [-0.4, -0.2) is 32.4 Å². The summed E-state index contributed by atoms with van der Waals surface area (Å²) in [5.41, 5.74) is 4.23. The fourth-order valence-electron chi connectivity index (χ4n) is 3.47. The van der Waals surface area contributed by atoms with Gasteiger partial charge in [0.1, 0.15) is 11.5 Å². The van der Waals surface area contributed by atoms with Crippen molar-refractivity contribution in [2.24, 2.45) is 7.05 Å². The molecule has 0 bridgehead atoms. The minimum atomic E-state index is -0.267. The SMILES string of the molecule is Cn1nccc1-c1ccc2c(c1)CCCN2C(=O)c1ccc(O)cc1O. The number of aromatic nitrogens is 2. The summed E-state index contributed by atoms with van der Waals surface area (Å²) in [6.07, 6.45) is 3.51. The number of carbonyl (C=O) groups is 1. The average molecular weight is 349 g/mol. The first kappa shape index (κ1) is 16.2. The van der Waals surface area contributed by atoms with Crippen molar-refractivity contribution in [2.45, 2.75) is 12.8 Å². The number of phenolic OH excluding ortho intramolecular Hbond substituents is 2. The maximum atomic E-state index is 12.9. The maximum absolute atomic E-state index is 12.9. The molecule has 2 N–H and O–H groups in total. The van der Waals surface area contributed by atoms with E-state index in [0.29, 0.717) is 6.54 Å². The maximum Gasteiger partial charge on any atom is 0.262 e. The highest BCUT2D eigenvalue weighted by atomic mass is 16.3. The smallest absolute Gasteiger partial charge is 0.262 e. The van der Waals surface area contributed by atoms with Crippen LogP contribution in [0.2, 0.25) is 0 Å². The molecule has 2 aromatic carbocycles.